The Labute approximate surface area is 214 Å². The monoisotopic (exact) mass is 516 g/mol. The Morgan fingerprint density at radius 3 is 2.05 bits per heavy atom. The molecule has 0 bridgehead atoms. The molecule has 0 radical (unpaired) electrons. The van der Waals surface area contributed by atoms with E-state index in [2.05, 4.69) is 21.1 Å². The van der Waals surface area contributed by atoms with Crippen LogP contribution in [0.5, 0.6) is 0 Å². The first kappa shape index (κ1) is 28.0. The molecule has 1 aliphatic heterocycles. The Kier molecular flexibility index (Phi) is 9.50. The fraction of sp³-hybridized carbons (Fsp3) is 0.480. The molecule has 12 nitrogen and oxygen atoms in total. The van der Waals surface area contributed by atoms with Gasteiger partial charge in [0, 0.05) is 20.3 Å². The predicted octanol–water partition coefficient (Wildman–Crippen LogP) is -0.0555. The van der Waals surface area contributed by atoms with Crippen LogP contribution in [-0.4, -0.2) is 86.4 Å². The van der Waals surface area contributed by atoms with Crippen molar-refractivity contribution in [1.29, 1.82) is 0 Å². The van der Waals surface area contributed by atoms with Gasteiger partial charge in [-0.05, 0) is 25.8 Å². The van der Waals surface area contributed by atoms with Crippen LogP contribution in [0, 0.1) is 6.92 Å². The van der Waals surface area contributed by atoms with Gasteiger partial charge in [0.05, 0.1) is 25.9 Å². The summed E-state index contributed by atoms with van der Waals surface area (Å²) in [5.41, 5.74) is -0.112. The summed E-state index contributed by atoms with van der Waals surface area (Å²) >= 11 is 0. The number of amides is 3. The smallest absolute Gasteiger partial charge is 0.274 e. The molecule has 2 heterocycles. The van der Waals surface area contributed by atoms with E-state index in [1.165, 1.54) is 20.3 Å². The van der Waals surface area contributed by atoms with Crippen LogP contribution in [0.3, 0.4) is 0 Å². The molecule has 1 unspecified atom stereocenters. The van der Waals surface area contributed by atoms with Crippen molar-refractivity contribution in [3.8, 4) is 0 Å². The van der Waals surface area contributed by atoms with Crippen LogP contribution >= 0.6 is 0 Å². The van der Waals surface area contributed by atoms with Gasteiger partial charge in [0.25, 0.3) is 5.91 Å². The van der Waals surface area contributed by atoms with Gasteiger partial charge in [-0.25, -0.2) is 0 Å². The Hall–Kier alpha value is -3.61. The van der Waals surface area contributed by atoms with E-state index in [1.807, 2.05) is 30.3 Å². The molecule has 1 aliphatic rings. The van der Waals surface area contributed by atoms with Crippen LogP contribution in [0.25, 0.3) is 0 Å². The van der Waals surface area contributed by atoms with E-state index in [0.717, 1.165) is 5.56 Å². The molecular formula is C25H32N4O8. The average Bonchev–Trinajstić information content (AvgIpc) is 3.48. The summed E-state index contributed by atoms with van der Waals surface area (Å²) < 4.78 is 20.4. The number of carbonyl (C=O) groups excluding carboxylic acids is 4. The molecule has 1 saturated heterocycles. The summed E-state index contributed by atoms with van der Waals surface area (Å²) in [6.45, 7) is 3.23. The fourth-order valence-electron chi connectivity index (χ4n) is 3.63. The molecule has 12 heteroatoms. The number of hydrogen-bond acceptors (Lipinski definition) is 9. The minimum absolute atomic E-state index is 0.00403. The molecule has 0 aliphatic carbocycles. The molecular weight excluding hydrogens is 484 g/mol. The zero-order valence-electron chi connectivity index (χ0n) is 21.2. The number of Topliss-reactive ketones (excluding diaryl/α,β-unsaturated/α-hetero) is 1. The maximum Gasteiger partial charge on any atom is 0.274 e. The minimum atomic E-state index is -1.15. The van der Waals surface area contributed by atoms with Crippen molar-refractivity contribution >= 4 is 23.5 Å². The molecule has 0 spiro atoms. The van der Waals surface area contributed by atoms with E-state index in [9.17, 15) is 19.2 Å². The average molecular weight is 517 g/mol. The molecule has 4 atom stereocenters. The number of ether oxygens (including phenoxy) is 3. The van der Waals surface area contributed by atoms with Crippen molar-refractivity contribution in [2.75, 3.05) is 34.0 Å². The predicted molar refractivity (Wildman–Crippen MR) is 130 cm³/mol. The second-order valence-electron chi connectivity index (χ2n) is 8.96. The number of ketones is 1. The van der Waals surface area contributed by atoms with Crippen molar-refractivity contribution in [3.05, 3.63) is 53.4 Å². The number of aromatic nitrogens is 1. The number of aryl methyl sites for hydroxylation is 1. The molecule has 0 saturated carbocycles. The lowest BCUT2D eigenvalue weighted by Crippen LogP contribution is -2.59. The van der Waals surface area contributed by atoms with Gasteiger partial charge in [-0.2, -0.15) is 0 Å². The van der Waals surface area contributed by atoms with Crippen molar-refractivity contribution in [2.45, 2.75) is 44.0 Å². The second-order valence-corrected chi connectivity index (χ2v) is 8.96. The maximum absolute atomic E-state index is 13.2. The first-order valence-corrected chi connectivity index (χ1v) is 11.7. The van der Waals surface area contributed by atoms with Gasteiger partial charge in [-0.15, -0.1) is 0 Å². The van der Waals surface area contributed by atoms with E-state index in [-0.39, 0.29) is 37.7 Å². The Morgan fingerprint density at radius 1 is 0.973 bits per heavy atom. The number of benzene rings is 1. The molecule has 3 amide bonds. The van der Waals surface area contributed by atoms with Crippen molar-refractivity contribution in [1.82, 2.24) is 21.1 Å². The number of nitrogens with one attached hydrogen (secondary N) is 3. The molecule has 37 heavy (non-hydrogen) atoms. The molecule has 1 fully saturated rings. The number of carbonyl (C=O) groups is 4. The third-order valence-electron chi connectivity index (χ3n) is 5.80. The van der Waals surface area contributed by atoms with Crippen molar-refractivity contribution < 1.29 is 37.9 Å². The molecule has 2 aromatic rings. The lowest BCUT2D eigenvalue weighted by atomic mass is 9.94. The van der Waals surface area contributed by atoms with Gasteiger partial charge >= 0.3 is 0 Å². The normalized spacial score (nSPS) is 18.8. The third-order valence-corrected chi connectivity index (χ3v) is 5.80. The number of rotatable bonds is 14. The van der Waals surface area contributed by atoms with Gasteiger partial charge < -0.3 is 34.7 Å². The van der Waals surface area contributed by atoms with Gasteiger partial charge in [0.15, 0.2) is 11.5 Å². The molecule has 3 rings (SSSR count). The summed E-state index contributed by atoms with van der Waals surface area (Å²) in [6.07, 6.45) is 0.248. The van der Waals surface area contributed by atoms with E-state index >= 15 is 0 Å². The SMILES string of the molecule is COC[C@H](NC(=O)c1cc(C)on1)C(=O)N[C@@H](COC)C(=O)NC(Cc1ccccc1)C(=O)[C@@]1(C)CO1. The highest BCUT2D eigenvalue weighted by Gasteiger charge is 2.50. The Morgan fingerprint density at radius 2 is 1.54 bits per heavy atom. The zero-order chi connectivity index (χ0) is 27.0. The Balaban J connectivity index is 1.70. The zero-order valence-corrected chi connectivity index (χ0v) is 21.2. The van der Waals surface area contributed by atoms with Crippen molar-refractivity contribution in [3.63, 3.8) is 0 Å². The van der Waals surface area contributed by atoms with E-state index in [4.69, 9.17) is 18.7 Å². The molecule has 200 valence electrons. The first-order valence-electron chi connectivity index (χ1n) is 11.7. The quantitative estimate of drug-likeness (QED) is 0.292. The summed E-state index contributed by atoms with van der Waals surface area (Å²) in [7, 11) is 2.74. The van der Waals surface area contributed by atoms with E-state index < -0.39 is 41.4 Å². The van der Waals surface area contributed by atoms with E-state index in [1.54, 1.807) is 13.8 Å². The van der Waals surface area contributed by atoms with Crippen molar-refractivity contribution in [2.24, 2.45) is 0 Å². The molecule has 1 aromatic heterocycles. The van der Waals surface area contributed by atoms with Crippen LogP contribution in [-0.2, 0) is 35.0 Å². The second kappa shape index (κ2) is 12.6. The van der Waals surface area contributed by atoms with E-state index in [0.29, 0.717) is 5.76 Å². The number of epoxide rings is 1. The summed E-state index contributed by atoms with van der Waals surface area (Å²) in [5, 5.41) is 11.4. The lowest BCUT2D eigenvalue weighted by Gasteiger charge is -2.25. The third kappa shape index (κ3) is 7.68. The first-order chi connectivity index (χ1) is 17.7. The largest absolute Gasteiger partial charge is 0.382 e. The number of methoxy groups -OCH3 is 2. The summed E-state index contributed by atoms with van der Waals surface area (Å²) in [5.74, 6) is -1.79. The van der Waals surface area contributed by atoms with Gasteiger partial charge in [-0.3, -0.25) is 19.2 Å². The lowest BCUT2D eigenvalue weighted by molar-refractivity contribution is -0.134. The number of hydrogen-bond donors (Lipinski definition) is 3. The highest BCUT2D eigenvalue weighted by atomic mass is 16.6. The summed E-state index contributed by atoms with van der Waals surface area (Å²) in [6, 6.07) is 7.49. The standard InChI is InChI=1S/C25H32N4O8/c1-15-10-18(29-37-15)22(31)27-20(13-35-4)24(33)28-19(12-34-3)23(32)26-17(21(30)25(2)14-36-25)11-16-8-6-5-7-9-16/h5-10,17,19-20H,11-14H2,1-4H3,(H,26,32)(H,27,31)(H,28,33)/t17?,19-,20-,25+/m0/s1. The van der Waals surface area contributed by atoms with Crippen LogP contribution in [0.15, 0.2) is 40.9 Å². The van der Waals surface area contributed by atoms with Crippen LogP contribution in [0.2, 0.25) is 0 Å². The number of nitrogens with zero attached hydrogens (tertiary/aromatic N) is 1. The minimum Gasteiger partial charge on any atom is -0.382 e. The van der Waals surface area contributed by atoms with Gasteiger partial charge in [0.1, 0.15) is 23.4 Å². The van der Waals surface area contributed by atoms with Crippen LogP contribution in [0.1, 0.15) is 28.7 Å². The highest BCUT2D eigenvalue weighted by Crippen LogP contribution is 2.29. The topological polar surface area (TPSA) is 161 Å². The van der Waals surface area contributed by atoms with Crippen LogP contribution < -0.4 is 16.0 Å². The molecule has 1 aromatic carbocycles. The maximum atomic E-state index is 13.2. The Bertz CT molecular complexity index is 1100. The van der Waals surface area contributed by atoms with Crippen LogP contribution in [0.4, 0.5) is 0 Å². The van der Waals surface area contributed by atoms with Gasteiger partial charge in [0.2, 0.25) is 11.8 Å². The fourth-order valence-corrected chi connectivity index (χ4v) is 3.63. The molecule has 3 N–H and O–H groups in total. The summed E-state index contributed by atoms with van der Waals surface area (Å²) in [4.78, 5) is 51.8. The van der Waals surface area contributed by atoms with Gasteiger partial charge in [-0.1, -0.05) is 35.5 Å². The highest BCUT2D eigenvalue weighted by molar-refractivity contribution is 5.99.